The van der Waals surface area contributed by atoms with Gasteiger partial charge >= 0.3 is 0 Å². The Morgan fingerprint density at radius 1 is 1.18 bits per heavy atom. The van der Waals surface area contributed by atoms with Crippen molar-refractivity contribution in [3.63, 3.8) is 0 Å². The second-order valence-electron chi connectivity index (χ2n) is 7.39. The number of furan rings is 1. The Kier molecular flexibility index (Phi) is 7.15. The monoisotopic (exact) mass is 402 g/mol. The van der Waals surface area contributed by atoms with Gasteiger partial charge in [0.2, 0.25) is 11.8 Å². The molecule has 0 spiro atoms. The number of nitrogens with one attached hydrogen (secondary N) is 1. The molecule has 0 bridgehead atoms. The maximum Gasteiger partial charge on any atom is 0.247 e. The Hall–Kier alpha value is -2.27. The van der Waals surface area contributed by atoms with Crippen LogP contribution in [0, 0.1) is 6.92 Å². The molecule has 1 N–H and O–H groups in total. The average molecular weight is 403 g/mol. The van der Waals surface area contributed by atoms with Crippen molar-refractivity contribution in [2.75, 3.05) is 5.88 Å². The quantitative estimate of drug-likeness (QED) is 0.700. The molecule has 0 radical (unpaired) electrons. The molecule has 1 atom stereocenters. The predicted molar refractivity (Wildman–Crippen MR) is 109 cm³/mol. The van der Waals surface area contributed by atoms with Crippen LogP contribution >= 0.6 is 11.6 Å². The number of carbonyl (C=O) groups excluding carboxylic acids is 2. The summed E-state index contributed by atoms with van der Waals surface area (Å²) in [7, 11) is 0. The summed E-state index contributed by atoms with van der Waals surface area (Å²) in [5, 5.41) is 3.16. The van der Waals surface area contributed by atoms with Gasteiger partial charge in [-0.05, 0) is 37.5 Å². The minimum Gasteiger partial charge on any atom is -0.467 e. The van der Waals surface area contributed by atoms with Gasteiger partial charge < -0.3 is 14.6 Å². The number of carbonyl (C=O) groups is 2. The lowest BCUT2D eigenvalue weighted by Crippen LogP contribution is -2.47. The normalized spacial score (nSPS) is 15.8. The maximum atomic E-state index is 13.3. The van der Waals surface area contributed by atoms with Crippen LogP contribution in [0.25, 0.3) is 0 Å². The highest BCUT2D eigenvalue weighted by molar-refractivity contribution is 6.27. The molecule has 1 aromatic heterocycles. The highest BCUT2D eigenvalue weighted by Gasteiger charge is 2.33. The average Bonchev–Trinajstić information content (AvgIpc) is 3.22. The molecule has 5 nitrogen and oxygen atoms in total. The molecule has 1 heterocycles. The number of aryl methyl sites for hydroxylation is 1. The van der Waals surface area contributed by atoms with E-state index < -0.39 is 6.04 Å². The third kappa shape index (κ3) is 5.16. The van der Waals surface area contributed by atoms with E-state index in [1.807, 2.05) is 31.2 Å². The second-order valence-corrected chi connectivity index (χ2v) is 7.66. The molecule has 1 aromatic carbocycles. The Balaban J connectivity index is 1.90. The minimum atomic E-state index is -0.751. The van der Waals surface area contributed by atoms with E-state index in [0.29, 0.717) is 5.76 Å². The van der Waals surface area contributed by atoms with Crippen molar-refractivity contribution in [2.45, 2.75) is 57.7 Å². The summed E-state index contributed by atoms with van der Waals surface area (Å²) in [6.07, 6.45) is 6.97. The Morgan fingerprint density at radius 3 is 2.50 bits per heavy atom. The van der Waals surface area contributed by atoms with E-state index in [1.54, 1.807) is 18.4 Å². The van der Waals surface area contributed by atoms with Crippen molar-refractivity contribution in [3.05, 3.63) is 59.5 Å². The number of hydrogen-bond donors (Lipinski definition) is 1. The summed E-state index contributed by atoms with van der Waals surface area (Å²) in [4.78, 5) is 27.5. The summed E-state index contributed by atoms with van der Waals surface area (Å²) >= 11 is 5.89. The molecule has 1 saturated carbocycles. The van der Waals surface area contributed by atoms with Crippen molar-refractivity contribution in [2.24, 2.45) is 0 Å². The van der Waals surface area contributed by atoms with Crippen LogP contribution in [0.1, 0.15) is 55.0 Å². The molecule has 2 amide bonds. The lowest BCUT2D eigenvalue weighted by molar-refractivity contribution is -0.140. The van der Waals surface area contributed by atoms with Crippen LogP contribution in [0.4, 0.5) is 0 Å². The fourth-order valence-electron chi connectivity index (χ4n) is 3.72. The van der Waals surface area contributed by atoms with Crippen LogP contribution in [-0.2, 0) is 16.1 Å². The molecule has 6 heteroatoms. The molecule has 0 saturated heterocycles. The first kappa shape index (κ1) is 20.5. The maximum absolute atomic E-state index is 13.3. The number of nitrogens with zero attached hydrogens (tertiary/aromatic N) is 1. The zero-order chi connectivity index (χ0) is 19.9. The van der Waals surface area contributed by atoms with Crippen molar-refractivity contribution >= 4 is 23.4 Å². The van der Waals surface area contributed by atoms with E-state index in [9.17, 15) is 9.59 Å². The molecule has 1 aliphatic carbocycles. The van der Waals surface area contributed by atoms with E-state index in [-0.39, 0.29) is 30.3 Å². The van der Waals surface area contributed by atoms with Crippen LogP contribution in [-0.4, -0.2) is 28.6 Å². The van der Waals surface area contributed by atoms with Crippen molar-refractivity contribution < 1.29 is 14.0 Å². The highest BCUT2D eigenvalue weighted by Crippen LogP contribution is 2.26. The number of rotatable bonds is 7. The van der Waals surface area contributed by atoms with Gasteiger partial charge in [-0.2, -0.15) is 0 Å². The summed E-state index contributed by atoms with van der Waals surface area (Å²) in [5.74, 6) is -0.0518. The first-order chi connectivity index (χ1) is 13.6. The van der Waals surface area contributed by atoms with Gasteiger partial charge in [0.1, 0.15) is 17.7 Å². The third-order valence-electron chi connectivity index (χ3n) is 5.25. The SMILES string of the molecule is Cc1ccc(C(C(=O)NC2CCCCC2)N(Cc2ccco2)C(=O)CCl)cc1. The lowest BCUT2D eigenvalue weighted by Gasteiger charge is -2.32. The number of alkyl halides is 1. The van der Waals surface area contributed by atoms with Gasteiger partial charge in [0.15, 0.2) is 0 Å². The fraction of sp³-hybridized carbons (Fsp3) is 0.455. The van der Waals surface area contributed by atoms with Crippen molar-refractivity contribution in [3.8, 4) is 0 Å². The van der Waals surface area contributed by atoms with E-state index in [0.717, 1.165) is 36.8 Å². The molecule has 150 valence electrons. The Labute approximate surface area is 171 Å². The molecule has 1 fully saturated rings. The van der Waals surface area contributed by atoms with Gasteiger partial charge in [-0.1, -0.05) is 49.1 Å². The fourth-order valence-corrected chi connectivity index (χ4v) is 3.87. The number of hydrogen-bond acceptors (Lipinski definition) is 3. The van der Waals surface area contributed by atoms with Crippen LogP contribution < -0.4 is 5.32 Å². The summed E-state index contributed by atoms with van der Waals surface area (Å²) in [6.45, 7) is 2.18. The van der Waals surface area contributed by atoms with Crippen LogP contribution in [0.15, 0.2) is 47.1 Å². The lowest BCUT2D eigenvalue weighted by atomic mass is 9.94. The van der Waals surface area contributed by atoms with E-state index in [1.165, 1.54) is 11.3 Å². The molecule has 28 heavy (non-hydrogen) atoms. The Morgan fingerprint density at radius 2 is 1.89 bits per heavy atom. The third-order valence-corrected chi connectivity index (χ3v) is 5.47. The summed E-state index contributed by atoms with van der Waals surface area (Å²) in [5.41, 5.74) is 1.86. The molecule has 1 aliphatic rings. The van der Waals surface area contributed by atoms with Crippen LogP contribution in [0.5, 0.6) is 0 Å². The second kappa shape index (κ2) is 9.78. The Bertz CT molecular complexity index is 768. The van der Waals surface area contributed by atoms with Gasteiger partial charge in [-0.3, -0.25) is 9.59 Å². The van der Waals surface area contributed by atoms with Crippen LogP contribution in [0.2, 0.25) is 0 Å². The first-order valence-corrected chi connectivity index (χ1v) is 10.4. The van der Waals surface area contributed by atoms with Gasteiger partial charge in [-0.15, -0.1) is 11.6 Å². The molecule has 2 aromatic rings. The molecule has 0 aliphatic heterocycles. The predicted octanol–water partition coefficient (Wildman–Crippen LogP) is 4.35. The van der Waals surface area contributed by atoms with Crippen molar-refractivity contribution in [1.29, 1.82) is 0 Å². The number of benzene rings is 1. The van der Waals surface area contributed by atoms with Crippen molar-refractivity contribution in [1.82, 2.24) is 10.2 Å². The number of amides is 2. The van der Waals surface area contributed by atoms with E-state index in [2.05, 4.69) is 5.32 Å². The zero-order valence-corrected chi connectivity index (χ0v) is 17.0. The number of halogens is 1. The summed E-state index contributed by atoms with van der Waals surface area (Å²) < 4.78 is 5.42. The highest BCUT2D eigenvalue weighted by atomic mass is 35.5. The summed E-state index contributed by atoms with van der Waals surface area (Å²) in [6, 6.07) is 10.7. The van der Waals surface area contributed by atoms with E-state index in [4.69, 9.17) is 16.0 Å². The largest absolute Gasteiger partial charge is 0.467 e. The topological polar surface area (TPSA) is 62.6 Å². The van der Waals surface area contributed by atoms with Gasteiger partial charge in [0.25, 0.3) is 0 Å². The minimum absolute atomic E-state index is 0.158. The molecule has 3 rings (SSSR count). The molecular formula is C22H27ClN2O3. The van der Waals surface area contributed by atoms with E-state index >= 15 is 0 Å². The standard InChI is InChI=1S/C22H27ClN2O3/c1-16-9-11-17(12-10-16)21(22(27)24-18-6-3-2-4-7-18)25(20(26)14-23)15-19-8-5-13-28-19/h5,8-13,18,21H,2-4,6-7,14-15H2,1H3,(H,24,27). The van der Waals surface area contributed by atoms with Gasteiger partial charge in [0, 0.05) is 6.04 Å². The van der Waals surface area contributed by atoms with Gasteiger partial charge in [-0.25, -0.2) is 0 Å². The molecular weight excluding hydrogens is 376 g/mol. The molecule has 1 unspecified atom stereocenters. The smallest absolute Gasteiger partial charge is 0.247 e. The zero-order valence-electron chi connectivity index (χ0n) is 16.2. The van der Waals surface area contributed by atoms with Crippen LogP contribution in [0.3, 0.4) is 0 Å². The van der Waals surface area contributed by atoms with Gasteiger partial charge in [0.05, 0.1) is 12.8 Å². The first-order valence-electron chi connectivity index (χ1n) is 9.83.